The summed E-state index contributed by atoms with van der Waals surface area (Å²) in [5, 5.41) is 5.53. The zero-order valence-electron chi connectivity index (χ0n) is 27.4. The standard InChI is InChI=1S/C30H54N4O7SSi/c1-29(2,3)41-28(38)32-23-19-33(42(39,40)16-17-43(6,7)8)15-13-11-9-10-12-14-21(20-35)31-26(36)25-24-22(30(24,4)5)18-34(25)27(23)37/h20-25H,9-19H2,1-8H3,(H,31,36)(H,32,38)/t21-,22-,23-,24-,25-/m0/s1. The van der Waals surface area contributed by atoms with Gasteiger partial charge in [-0.2, -0.15) is 4.31 Å². The van der Waals surface area contributed by atoms with E-state index in [9.17, 15) is 27.6 Å². The fourth-order valence-electron chi connectivity index (χ4n) is 6.39. The number of fused-ring (bicyclic) bond motifs is 3. The Balaban J connectivity index is 1.99. The highest BCUT2D eigenvalue weighted by atomic mass is 32.2. The Labute approximate surface area is 259 Å². The van der Waals surface area contributed by atoms with Crippen molar-refractivity contribution in [3.63, 3.8) is 0 Å². The number of rotatable bonds is 6. The Hall–Kier alpha value is -1.99. The number of aldehydes is 1. The quantitative estimate of drug-likeness (QED) is 0.334. The smallest absolute Gasteiger partial charge is 0.408 e. The van der Waals surface area contributed by atoms with Gasteiger partial charge < -0.3 is 25.1 Å². The molecule has 43 heavy (non-hydrogen) atoms. The lowest BCUT2D eigenvalue weighted by molar-refractivity contribution is -0.142. The summed E-state index contributed by atoms with van der Waals surface area (Å²) in [4.78, 5) is 54.2. The van der Waals surface area contributed by atoms with Crippen molar-refractivity contribution < 1.29 is 32.3 Å². The molecule has 246 valence electrons. The molecule has 11 nitrogen and oxygen atoms in total. The van der Waals surface area contributed by atoms with Crippen molar-refractivity contribution in [1.82, 2.24) is 19.8 Å². The monoisotopic (exact) mass is 642 g/mol. The number of hydrogen-bond donors (Lipinski definition) is 2. The van der Waals surface area contributed by atoms with E-state index in [4.69, 9.17) is 4.74 Å². The number of carbonyl (C=O) groups is 4. The molecule has 2 saturated heterocycles. The van der Waals surface area contributed by atoms with Crippen LogP contribution >= 0.6 is 0 Å². The maximum atomic E-state index is 14.3. The van der Waals surface area contributed by atoms with Crippen LogP contribution in [0.15, 0.2) is 0 Å². The van der Waals surface area contributed by atoms with Crippen molar-refractivity contribution in [2.45, 2.75) is 123 Å². The van der Waals surface area contributed by atoms with Gasteiger partial charge in [0.2, 0.25) is 21.8 Å². The Morgan fingerprint density at radius 3 is 2.33 bits per heavy atom. The molecular weight excluding hydrogens is 589 g/mol. The molecule has 3 rings (SSSR count). The van der Waals surface area contributed by atoms with Crippen molar-refractivity contribution in [2.75, 3.05) is 25.4 Å². The van der Waals surface area contributed by atoms with Gasteiger partial charge in [-0.25, -0.2) is 13.2 Å². The summed E-state index contributed by atoms with van der Waals surface area (Å²) in [6, 6.07) is -2.12. The molecule has 3 aliphatic rings. The minimum atomic E-state index is -3.74. The predicted molar refractivity (Wildman–Crippen MR) is 169 cm³/mol. The molecule has 3 fully saturated rings. The first-order valence-electron chi connectivity index (χ1n) is 15.8. The van der Waals surface area contributed by atoms with Crippen LogP contribution in [0.4, 0.5) is 4.79 Å². The van der Waals surface area contributed by atoms with Crippen molar-refractivity contribution in [1.29, 1.82) is 0 Å². The second-order valence-corrected chi connectivity index (χ2v) is 23.1. The molecule has 1 aliphatic carbocycles. The third kappa shape index (κ3) is 9.50. The SMILES string of the molecule is CC(C)(C)OC(=O)N[C@H]1CN(S(=O)(=O)CC[Si](C)(C)C)CCCCCCC[C@@H](C=O)NC(=O)[C@@H]2[C@@H]3[C@H](CN2C1=O)C3(C)C. The average Bonchev–Trinajstić information content (AvgIpc) is 3.20. The summed E-state index contributed by atoms with van der Waals surface area (Å²) in [6.07, 6.45) is 4.30. The minimum absolute atomic E-state index is 0.0176. The second kappa shape index (κ2) is 13.6. The first-order valence-corrected chi connectivity index (χ1v) is 21.1. The number of hydrogen-bond acceptors (Lipinski definition) is 7. The van der Waals surface area contributed by atoms with E-state index >= 15 is 0 Å². The Morgan fingerprint density at radius 1 is 1.09 bits per heavy atom. The van der Waals surface area contributed by atoms with Crippen LogP contribution in [0, 0.1) is 17.3 Å². The zero-order valence-corrected chi connectivity index (χ0v) is 29.2. The van der Waals surface area contributed by atoms with Crippen molar-refractivity contribution in [2.24, 2.45) is 17.3 Å². The third-order valence-corrected chi connectivity index (χ3v) is 13.0. The van der Waals surface area contributed by atoms with Gasteiger partial charge in [0.1, 0.15) is 24.0 Å². The normalized spacial score (nSPS) is 29.7. The summed E-state index contributed by atoms with van der Waals surface area (Å²) in [7, 11) is -5.42. The maximum absolute atomic E-state index is 14.3. The molecule has 2 aliphatic heterocycles. The molecule has 0 bridgehead atoms. The molecule has 5 atom stereocenters. The van der Waals surface area contributed by atoms with E-state index in [-0.39, 0.29) is 42.0 Å². The number of ether oxygens (including phenoxy) is 1. The Kier molecular flexibility index (Phi) is 11.2. The van der Waals surface area contributed by atoms with Crippen LogP contribution in [0.2, 0.25) is 25.7 Å². The van der Waals surface area contributed by atoms with E-state index in [0.717, 1.165) is 32.0 Å². The van der Waals surface area contributed by atoms with Gasteiger partial charge in [0.25, 0.3) is 0 Å². The van der Waals surface area contributed by atoms with Crippen LogP contribution in [0.1, 0.15) is 73.1 Å². The average molecular weight is 643 g/mol. The molecule has 2 heterocycles. The molecule has 0 unspecified atom stereocenters. The van der Waals surface area contributed by atoms with Gasteiger partial charge in [-0.15, -0.1) is 0 Å². The van der Waals surface area contributed by atoms with Crippen LogP contribution < -0.4 is 10.6 Å². The summed E-state index contributed by atoms with van der Waals surface area (Å²) < 4.78 is 34.3. The van der Waals surface area contributed by atoms with Gasteiger partial charge in [-0.05, 0) is 56.9 Å². The van der Waals surface area contributed by atoms with Crippen molar-refractivity contribution in [3.8, 4) is 0 Å². The van der Waals surface area contributed by atoms with Gasteiger partial charge in [0.15, 0.2) is 0 Å². The fraction of sp³-hybridized carbons (Fsp3) is 0.867. The van der Waals surface area contributed by atoms with Crippen LogP contribution in [-0.4, -0.2) is 99.0 Å². The summed E-state index contributed by atoms with van der Waals surface area (Å²) in [6.45, 7) is 15.9. The number of sulfonamides is 1. The molecule has 0 radical (unpaired) electrons. The summed E-state index contributed by atoms with van der Waals surface area (Å²) in [5.74, 6) is -0.930. The van der Waals surface area contributed by atoms with E-state index in [1.807, 2.05) is 0 Å². The highest BCUT2D eigenvalue weighted by Gasteiger charge is 2.69. The first kappa shape index (κ1) is 35.5. The van der Waals surface area contributed by atoms with E-state index in [1.165, 1.54) is 9.21 Å². The molecule has 0 aromatic heterocycles. The lowest BCUT2D eigenvalue weighted by Gasteiger charge is -2.35. The maximum Gasteiger partial charge on any atom is 0.408 e. The highest BCUT2D eigenvalue weighted by Crippen LogP contribution is 2.64. The Bertz CT molecular complexity index is 1150. The number of nitrogens with one attached hydrogen (secondary N) is 2. The lowest BCUT2D eigenvalue weighted by Crippen LogP contribution is -2.60. The fourth-order valence-corrected chi connectivity index (χ4v) is 10.9. The number of piperidine rings is 1. The van der Waals surface area contributed by atoms with E-state index < -0.39 is 53.8 Å². The molecule has 1 saturated carbocycles. The van der Waals surface area contributed by atoms with Crippen molar-refractivity contribution >= 4 is 42.3 Å². The second-order valence-electron chi connectivity index (χ2n) is 15.4. The molecule has 0 spiro atoms. The highest BCUT2D eigenvalue weighted by molar-refractivity contribution is 7.89. The number of carbonyl (C=O) groups excluding carboxylic acids is 4. The zero-order chi connectivity index (χ0) is 32.4. The molecule has 13 heteroatoms. The largest absolute Gasteiger partial charge is 0.444 e. The van der Waals surface area contributed by atoms with E-state index in [1.54, 1.807) is 20.8 Å². The molecule has 0 aromatic carbocycles. The van der Waals surface area contributed by atoms with Crippen LogP contribution in [0.3, 0.4) is 0 Å². The molecule has 3 amide bonds. The summed E-state index contributed by atoms with van der Waals surface area (Å²) in [5.41, 5.74) is -0.989. The van der Waals surface area contributed by atoms with Gasteiger partial charge in [0.05, 0.1) is 11.8 Å². The molecule has 0 aromatic rings. The van der Waals surface area contributed by atoms with Gasteiger partial charge >= 0.3 is 6.09 Å². The predicted octanol–water partition coefficient (Wildman–Crippen LogP) is 3.37. The Morgan fingerprint density at radius 2 is 1.72 bits per heavy atom. The first-order chi connectivity index (χ1) is 19.8. The van der Waals surface area contributed by atoms with Crippen LogP contribution in [-0.2, 0) is 29.1 Å². The van der Waals surface area contributed by atoms with Gasteiger partial charge in [-0.1, -0.05) is 59.2 Å². The van der Waals surface area contributed by atoms with E-state index in [0.29, 0.717) is 25.4 Å². The van der Waals surface area contributed by atoms with E-state index in [2.05, 4.69) is 44.1 Å². The molecular formula is C30H54N4O7SSi. The number of alkyl carbamates (subject to hydrolysis) is 1. The number of nitrogens with zero attached hydrogens (tertiary/aromatic N) is 2. The topological polar surface area (TPSA) is 142 Å². The third-order valence-electron chi connectivity index (χ3n) is 9.05. The van der Waals surface area contributed by atoms with Gasteiger partial charge in [0, 0.05) is 27.7 Å². The van der Waals surface area contributed by atoms with Crippen molar-refractivity contribution in [3.05, 3.63) is 0 Å². The van der Waals surface area contributed by atoms with Crippen LogP contribution in [0.5, 0.6) is 0 Å². The van der Waals surface area contributed by atoms with Crippen LogP contribution in [0.25, 0.3) is 0 Å². The summed E-state index contributed by atoms with van der Waals surface area (Å²) >= 11 is 0. The molecule has 2 N–H and O–H groups in total. The van der Waals surface area contributed by atoms with Gasteiger partial charge in [-0.3, -0.25) is 9.59 Å². The lowest BCUT2D eigenvalue weighted by atomic mass is 9.99. The number of amides is 3. The minimum Gasteiger partial charge on any atom is -0.444 e.